The number of ether oxygens (including phenoxy) is 3. The van der Waals surface area contributed by atoms with Crippen molar-refractivity contribution in [3.05, 3.63) is 11.6 Å². The first-order chi connectivity index (χ1) is 7.77. The van der Waals surface area contributed by atoms with E-state index in [2.05, 4.69) is 4.74 Å². The van der Waals surface area contributed by atoms with Crippen LogP contribution in [0.3, 0.4) is 0 Å². The summed E-state index contributed by atoms with van der Waals surface area (Å²) < 4.78 is 15.5. The van der Waals surface area contributed by atoms with Crippen molar-refractivity contribution in [2.45, 2.75) is 32.3 Å². The average molecular weight is 228 g/mol. The van der Waals surface area contributed by atoms with Gasteiger partial charge in [-0.2, -0.15) is 0 Å². The van der Waals surface area contributed by atoms with Gasteiger partial charge in [-0.25, -0.2) is 4.79 Å². The highest BCUT2D eigenvalue weighted by Crippen LogP contribution is 2.11. The Hall–Kier alpha value is -0.870. The average Bonchev–Trinajstić information content (AvgIpc) is 2.35. The molecule has 0 aromatic carbocycles. The second kappa shape index (κ2) is 7.41. The third-order valence-electron chi connectivity index (χ3n) is 2.66. The van der Waals surface area contributed by atoms with Crippen molar-refractivity contribution in [2.24, 2.45) is 0 Å². The molecular formula is C12H20O4. The van der Waals surface area contributed by atoms with Gasteiger partial charge in [-0.05, 0) is 25.3 Å². The van der Waals surface area contributed by atoms with Crippen LogP contribution in [0.1, 0.15) is 26.2 Å². The number of carbonyl (C=O) groups excluding carboxylic acids is 1. The van der Waals surface area contributed by atoms with E-state index in [0.717, 1.165) is 26.1 Å². The Balaban J connectivity index is 2.30. The minimum Gasteiger partial charge on any atom is -0.466 e. The van der Waals surface area contributed by atoms with Crippen molar-refractivity contribution in [1.82, 2.24) is 0 Å². The van der Waals surface area contributed by atoms with E-state index in [4.69, 9.17) is 9.47 Å². The monoisotopic (exact) mass is 228 g/mol. The number of methoxy groups -OCH3 is 1. The lowest BCUT2D eigenvalue weighted by atomic mass is 10.1. The highest BCUT2D eigenvalue weighted by Gasteiger charge is 2.13. The van der Waals surface area contributed by atoms with Gasteiger partial charge < -0.3 is 14.2 Å². The first-order valence-corrected chi connectivity index (χ1v) is 5.74. The van der Waals surface area contributed by atoms with Gasteiger partial charge in [0.25, 0.3) is 0 Å². The molecule has 1 saturated heterocycles. The van der Waals surface area contributed by atoms with Crippen molar-refractivity contribution in [2.75, 3.05) is 26.9 Å². The predicted octanol–water partition coefficient (Wildman–Crippen LogP) is 1.69. The summed E-state index contributed by atoms with van der Waals surface area (Å²) in [5.41, 5.74) is 0.676. The first-order valence-electron chi connectivity index (χ1n) is 5.74. The molecule has 16 heavy (non-hydrogen) atoms. The van der Waals surface area contributed by atoms with Gasteiger partial charge in [0.2, 0.25) is 0 Å². The van der Waals surface area contributed by atoms with Crippen LogP contribution >= 0.6 is 0 Å². The van der Waals surface area contributed by atoms with Crippen LogP contribution in [0.5, 0.6) is 0 Å². The lowest BCUT2D eigenvalue weighted by molar-refractivity contribution is -0.136. The van der Waals surface area contributed by atoms with Gasteiger partial charge in [0.15, 0.2) is 0 Å². The van der Waals surface area contributed by atoms with E-state index in [1.807, 2.05) is 6.92 Å². The van der Waals surface area contributed by atoms with E-state index in [0.29, 0.717) is 18.6 Å². The van der Waals surface area contributed by atoms with E-state index in [9.17, 15) is 4.79 Å². The van der Waals surface area contributed by atoms with Crippen LogP contribution in [0.4, 0.5) is 0 Å². The molecule has 0 atom stereocenters. The zero-order valence-electron chi connectivity index (χ0n) is 10.0. The minimum atomic E-state index is -0.266. The zero-order chi connectivity index (χ0) is 11.8. The van der Waals surface area contributed by atoms with Crippen molar-refractivity contribution in [1.29, 1.82) is 0 Å². The highest BCUT2D eigenvalue weighted by molar-refractivity contribution is 5.88. The molecule has 1 heterocycles. The molecule has 0 radical (unpaired) electrons. The first kappa shape index (κ1) is 13.2. The standard InChI is InChI=1S/C12H20O4/c1-3-10(12(13)14-2)4-9-16-11-5-7-15-8-6-11/h4,11H,3,5-9H2,1-2H3. The number of carbonyl (C=O) groups is 1. The van der Waals surface area contributed by atoms with Gasteiger partial charge in [-0.3, -0.25) is 0 Å². The van der Waals surface area contributed by atoms with Crippen LogP contribution in [0, 0.1) is 0 Å². The molecule has 1 fully saturated rings. The molecule has 0 bridgehead atoms. The summed E-state index contributed by atoms with van der Waals surface area (Å²) in [7, 11) is 1.39. The van der Waals surface area contributed by atoms with Crippen molar-refractivity contribution < 1.29 is 19.0 Å². The molecule has 1 rings (SSSR count). The summed E-state index contributed by atoms with van der Waals surface area (Å²) >= 11 is 0. The smallest absolute Gasteiger partial charge is 0.333 e. The maximum atomic E-state index is 11.3. The van der Waals surface area contributed by atoms with Crippen LogP contribution in [0.25, 0.3) is 0 Å². The summed E-state index contributed by atoms with van der Waals surface area (Å²) in [6.07, 6.45) is 4.62. The van der Waals surface area contributed by atoms with Gasteiger partial charge >= 0.3 is 5.97 Å². The van der Waals surface area contributed by atoms with Crippen LogP contribution in [0.2, 0.25) is 0 Å². The maximum Gasteiger partial charge on any atom is 0.333 e. The molecule has 92 valence electrons. The topological polar surface area (TPSA) is 44.8 Å². The van der Waals surface area contributed by atoms with Gasteiger partial charge in [0.1, 0.15) is 0 Å². The van der Waals surface area contributed by atoms with Crippen LogP contribution < -0.4 is 0 Å². The lowest BCUT2D eigenvalue weighted by Crippen LogP contribution is -2.23. The highest BCUT2D eigenvalue weighted by atomic mass is 16.5. The summed E-state index contributed by atoms with van der Waals surface area (Å²) in [5.74, 6) is -0.266. The Kier molecular flexibility index (Phi) is 6.11. The number of esters is 1. The van der Waals surface area contributed by atoms with Crippen molar-refractivity contribution in [3.8, 4) is 0 Å². The summed E-state index contributed by atoms with van der Waals surface area (Å²) in [6.45, 7) is 3.94. The Morgan fingerprint density at radius 2 is 2.12 bits per heavy atom. The summed E-state index contributed by atoms with van der Waals surface area (Å²) in [6, 6.07) is 0. The third-order valence-corrected chi connectivity index (χ3v) is 2.66. The fraction of sp³-hybridized carbons (Fsp3) is 0.750. The molecule has 0 aromatic heterocycles. The summed E-state index contributed by atoms with van der Waals surface area (Å²) in [5, 5.41) is 0. The van der Waals surface area contributed by atoms with E-state index < -0.39 is 0 Å². The maximum absolute atomic E-state index is 11.3. The van der Waals surface area contributed by atoms with E-state index in [1.54, 1.807) is 6.08 Å². The van der Waals surface area contributed by atoms with Gasteiger partial charge in [0, 0.05) is 18.8 Å². The van der Waals surface area contributed by atoms with E-state index in [-0.39, 0.29) is 12.1 Å². The fourth-order valence-corrected chi connectivity index (χ4v) is 1.63. The predicted molar refractivity (Wildman–Crippen MR) is 60.2 cm³/mol. The minimum absolute atomic E-state index is 0.265. The Bertz CT molecular complexity index is 241. The number of hydrogen-bond donors (Lipinski definition) is 0. The molecule has 0 aliphatic carbocycles. The second-order valence-electron chi connectivity index (χ2n) is 3.72. The summed E-state index contributed by atoms with van der Waals surface area (Å²) in [4.78, 5) is 11.3. The lowest BCUT2D eigenvalue weighted by Gasteiger charge is -2.21. The van der Waals surface area contributed by atoms with E-state index >= 15 is 0 Å². The second-order valence-corrected chi connectivity index (χ2v) is 3.72. The largest absolute Gasteiger partial charge is 0.466 e. The number of rotatable bonds is 5. The van der Waals surface area contributed by atoms with Crippen molar-refractivity contribution in [3.63, 3.8) is 0 Å². The Morgan fingerprint density at radius 1 is 1.44 bits per heavy atom. The molecular weight excluding hydrogens is 208 g/mol. The Labute approximate surface area is 96.6 Å². The van der Waals surface area contributed by atoms with Crippen LogP contribution in [-0.2, 0) is 19.0 Å². The molecule has 4 nitrogen and oxygen atoms in total. The zero-order valence-corrected chi connectivity index (χ0v) is 10.0. The van der Waals surface area contributed by atoms with Gasteiger partial charge in [-0.1, -0.05) is 6.92 Å². The third kappa shape index (κ3) is 4.33. The quantitative estimate of drug-likeness (QED) is 0.530. The van der Waals surface area contributed by atoms with Gasteiger partial charge in [-0.15, -0.1) is 0 Å². The molecule has 1 aliphatic rings. The molecule has 0 unspecified atom stereocenters. The Morgan fingerprint density at radius 3 is 2.69 bits per heavy atom. The molecule has 4 heteroatoms. The van der Waals surface area contributed by atoms with Gasteiger partial charge in [0.05, 0.1) is 19.8 Å². The molecule has 0 aromatic rings. The SMILES string of the molecule is CCC(=CCOC1CCOCC1)C(=O)OC. The molecule has 0 spiro atoms. The van der Waals surface area contributed by atoms with E-state index in [1.165, 1.54) is 7.11 Å². The molecule has 1 aliphatic heterocycles. The molecule has 0 N–H and O–H groups in total. The number of hydrogen-bond acceptors (Lipinski definition) is 4. The van der Waals surface area contributed by atoms with Crippen LogP contribution in [-0.4, -0.2) is 39.0 Å². The molecule has 0 amide bonds. The molecule has 0 saturated carbocycles. The van der Waals surface area contributed by atoms with Crippen molar-refractivity contribution >= 4 is 5.97 Å². The normalized spacial score (nSPS) is 18.5. The fourth-order valence-electron chi connectivity index (χ4n) is 1.63. The van der Waals surface area contributed by atoms with Crippen LogP contribution in [0.15, 0.2) is 11.6 Å².